The summed E-state index contributed by atoms with van der Waals surface area (Å²) < 4.78 is 0. The summed E-state index contributed by atoms with van der Waals surface area (Å²) in [6, 6.07) is 16.9. The lowest BCUT2D eigenvalue weighted by Gasteiger charge is -2.35. The van der Waals surface area contributed by atoms with E-state index in [0.29, 0.717) is 23.9 Å². The predicted molar refractivity (Wildman–Crippen MR) is 172 cm³/mol. The first-order chi connectivity index (χ1) is 20.1. The lowest BCUT2D eigenvalue weighted by molar-refractivity contribution is -0.116. The van der Waals surface area contributed by atoms with Crippen molar-refractivity contribution >= 4 is 23.2 Å². The smallest absolute Gasteiger partial charge is 0.253 e. The average molecular weight is 560 g/mol. The molecule has 41 heavy (non-hydrogen) atoms. The second-order valence-electron chi connectivity index (χ2n) is 12.4. The van der Waals surface area contributed by atoms with Gasteiger partial charge in [0.25, 0.3) is 5.91 Å². The molecule has 0 unspecified atom stereocenters. The summed E-state index contributed by atoms with van der Waals surface area (Å²) in [5, 5.41) is 6.24. The van der Waals surface area contributed by atoms with Crippen LogP contribution in [0, 0.1) is 5.92 Å². The molecule has 2 N–H and O–H groups in total. The van der Waals surface area contributed by atoms with Crippen LogP contribution in [0.15, 0.2) is 48.5 Å². The quantitative estimate of drug-likeness (QED) is 0.180. The molecule has 1 aliphatic carbocycles. The van der Waals surface area contributed by atoms with Gasteiger partial charge in [-0.15, -0.1) is 0 Å². The zero-order chi connectivity index (χ0) is 28.7. The van der Waals surface area contributed by atoms with Gasteiger partial charge in [-0.05, 0) is 68.2 Å². The Kier molecular flexibility index (Phi) is 13.1. The highest BCUT2D eigenvalue weighted by atomic mass is 16.2. The van der Waals surface area contributed by atoms with Gasteiger partial charge in [0, 0.05) is 36.9 Å². The van der Waals surface area contributed by atoms with E-state index in [4.69, 9.17) is 0 Å². The Labute approximate surface area is 248 Å². The molecule has 224 valence electrons. The number of nitrogens with one attached hydrogen (secondary N) is 2. The lowest BCUT2D eigenvalue weighted by atomic mass is 9.89. The first-order valence-corrected chi connectivity index (χ1v) is 16.7. The van der Waals surface area contributed by atoms with Crippen molar-refractivity contribution < 1.29 is 9.59 Å². The SMILES string of the molecule is CCCCCCCCCCCCCC(=O)Nc1ccc(N2CCC(Cc3ccccc3)CC2)c(C(=O)NC2CC2)c1. The van der Waals surface area contributed by atoms with Crippen molar-refractivity contribution in [2.75, 3.05) is 23.3 Å². The third-order valence-electron chi connectivity index (χ3n) is 8.77. The molecule has 2 fully saturated rings. The van der Waals surface area contributed by atoms with Crippen LogP contribution in [0.5, 0.6) is 0 Å². The molecule has 1 aliphatic heterocycles. The zero-order valence-corrected chi connectivity index (χ0v) is 25.5. The van der Waals surface area contributed by atoms with Gasteiger partial charge >= 0.3 is 0 Å². The van der Waals surface area contributed by atoms with Crippen molar-refractivity contribution in [1.29, 1.82) is 0 Å². The fraction of sp³-hybridized carbons (Fsp3) is 0.611. The Balaban J connectivity index is 1.22. The number of piperidine rings is 1. The van der Waals surface area contributed by atoms with E-state index in [-0.39, 0.29) is 11.8 Å². The minimum absolute atomic E-state index is 0.0182. The molecule has 5 nitrogen and oxygen atoms in total. The summed E-state index contributed by atoms with van der Waals surface area (Å²) in [5.41, 5.74) is 3.81. The van der Waals surface area contributed by atoms with E-state index in [1.807, 2.05) is 18.2 Å². The Morgan fingerprint density at radius 2 is 1.41 bits per heavy atom. The standard InChI is InChI=1S/C36H53N3O2/c1-2-3-4-5-6-7-8-9-10-11-15-18-35(40)37-32-21-22-34(33(28-32)36(41)38-31-19-20-31)39-25-23-30(24-26-39)27-29-16-13-12-14-17-29/h12-14,16-17,21-22,28,30-31H,2-11,15,18-20,23-27H2,1H3,(H,37,40)(H,38,41). The molecular formula is C36H53N3O2. The molecule has 4 rings (SSSR count). The number of nitrogens with zero attached hydrogens (tertiary/aromatic N) is 1. The molecule has 2 amide bonds. The number of hydrogen-bond acceptors (Lipinski definition) is 3. The fourth-order valence-electron chi connectivity index (χ4n) is 6.06. The van der Waals surface area contributed by atoms with Crippen molar-refractivity contribution in [2.24, 2.45) is 5.92 Å². The topological polar surface area (TPSA) is 61.4 Å². The number of unbranched alkanes of at least 4 members (excludes halogenated alkanes) is 10. The Bertz CT molecular complexity index is 1060. The molecule has 5 heteroatoms. The molecule has 0 bridgehead atoms. The summed E-state index contributed by atoms with van der Waals surface area (Å²) in [6.45, 7) is 4.16. The van der Waals surface area contributed by atoms with Gasteiger partial charge in [-0.3, -0.25) is 9.59 Å². The van der Waals surface area contributed by atoms with Crippen molar-refractivity contribution in [3.8, 4) is 0 Å². The van der Waals surface area contributed by atoms with E-state index < -0.39 is 0 Å². The zero-order valence-electron chi connectivity index (χ0n) is 25.5. The Morgan fingerprint density at radius 3 is 2.05 bits per heavy atom. The number of carbonyl (C=O) groups is 2. The number of carbonyl (C=O) groups excluding carboxylic acids is 2. The van der Waals surface area contributed by atoms with E-state index in [1.54, 1.807) is 0 Å². The molecule has 2 aromatic carbocycles. The van der Waals surface area contributed by atoms with Gasteiger partial charge in [0.1, 0.15) is 0 Å². The largest absolute Gasteiger partial charge is 0.371 e. The van der Waals surface area contributed by atoms with Crippen LogP contribution in [0.25, 0.3) is 0 Å². The van der Waals surface area contributed by atoms with E-state index >= 15 is 0 Å². The average Bonchev–Trinajstić information content (AvgIpc) is 3.81. The second kappa shape index (κ2) is 17.2. The van der Waals surface area contributed by atoms with Gasteiger partial charge in [-0.25, -0.2) is 0 Å². The number of amides is 2. The third kappa shape index (κ3) is 11.2. The highest BCUT2D eigenvalue weighted by molar-refractivity contribution is 6.02. The summed E-state index contributed by atoms with van der Waals surface area (Å²) in [6.07, 6.45) is 20.0. The van der Waals surface area contributed by atoms with E-state index in [1.165, 1.54) is 63.4 Å². The van der Waals surface area contributed by atoms with Crippen molar-refractivity contribution in [3.05, 3.63) is 59.7 Å². The van der Waals surface area contributed by atoms with E-state index in [0.717, 1.165) is 69.4 Å². The van der Waals surface area contributed by atoms with E-state index in [2.05, 4.69) is 52.8 Å². The van der Waals surface area contributed by atoms with Gasteiger partial charge in [0.15, 0.2) is 0 Å². The highest BCUT2D eigenvalue weighted by Gasteiger charge is 2.28. The molecule has 0 radical (unpaired) electrons. The Hall–Kier alpha value is -2.82. The summed E-state index contributed by atoms with van der Waals surface area (Å²) in [4.78, 5) is 28.3. The van der Waals surface area contributed by atoms with Gasteiger partial charge in [-0.1, -0.05) is 101 Å². The van der Waals surface area contributed by atoms with Gasteiger partial charge in [0.2, 0.25) is 5.91 Å². The van der Waals surface area contributed by atoms with Crippen LogP contribution in [-0.4, -0.2) is 30.9 Å². The molecule has 0 aromatic heterocycles. The molecule has 1 saturated carbocycles. The van der Waals surface area contributed by atoms with Crippen LogP contribution >= 0.6 is 0 Å². The molecule has 0 atom stereocenters. The minimum atomic E-state index is -0.0182. The summed E-state index contributed by atoms with van der Waals surface area (Å²) in [5.74, 6) is 0.700. The molecule has 2 aromatic rings. The van der Waals surface area contributed by atoms with Crippen LogP contribution in [0.3, 0.4) is 0 Å². The van der Waals surface area contributed by atoms with Crippen LogP contribution in [-0.2, 0) is 11.2 Å². The van der Waals surface area contributed by atoms with Crippen LogP contribution in [0.4, 0.5) is 11.4 Å². The molecule has 0 spiro atoms. The summed E-state index contributed by atoms with van der Waals surface area (Å²) in [7, 11) is 0. The third-order valence-corrected chi connectivity index (χ3v) is 8.77. The maximum atomic E-state index is 13.2. The maximum absolute atomic E-state index is 13.2. The Morgan fingerprint density at radius 1 is 0.780 bits per heavy atom. The second-order valence-corrected chi connectivity index (χ2v) is 12.4. The van der Waals surface area contributed by atoms with Crippen molar-refractivity contribution in [2.45, 2.75) is 122 Å². The number of rotatable bonds is 18. The van der Waals surface area contributed by atoms with Crippen molar-refractivity contribution in [3.63, 3.8) is 0 Å². The van der Waals surface area contributed by atoms with Gasteiger partial charge < -0.3 is 15.5 Å². The molecule has 1 heterocycles. The maximum Gasteiger partial charge on any atom is 0.253 e. The van der Waals surface area contributed by atoms with Crippen LogP contribution in [0.2, 0.25) is 0 Å². The molecule has 2 aliphatic rings. The number of anilines is 2. The lowest BCUT2D eigenvalue weighted by Crippen LogP contribution is -2.36. The van der Waals surface area contributed by atoms with E-state index in [9.17, 15) is 9.59 Å². The number of benzene rings is 2. The van der Waals surface area contributed by atoms with Crippen molar-refractivity contribution in [1.82, 2.24) is 5.32 Å². The monoisotopic (exact) mass is 559 g/mol. The highest BCUT2D eigenvalue weighted by Crippen LogP contribution is 2.31. The summed E-state index contributed by atoms with van der Waals surface area (Å²) >= 11 is 0. The number of hydrogen-bond donors (Lipinski definition) is 2. The first-order valence-electron chi connectivity index (χ1n) is 16.7. The van der Waals surface area contributed by atoms with Crippen LogP contribution < -0.4 is 15.5 Å². The first kappa shape index (κ1) is 31.1. The van der Waals surface area contributed by atoms with Gasteiger partial charge in [-0.2, -0.15) is 0 Å². The molecule has 1 saturated heterocycles. The van der Waals surface area contributed by atoms with Gasteiger partial charge in [0.05, 0.1) is 5.56 Å². The normalized spacial score (nSPS) is 15.6. The predicted octanol–water partition coefficient (Wildman–Crippen LogP) is 8.68. The fourth-order valence-corrected chi connectivity index (χ4v) is 6.06. The van der Waals surface area contributed by atoms with Crippen LogP contribution in [0.1, 0.15) is 126 Å². The molecular weight excluding hydrogens is 506 g/mol. The minimum Gasteiger partial charge on any atom is -0.371 e.